The highest BCUT2D eigenvalue weighted by atomic mass is 32.2. The van der Waals surface area contributed by atoms with Crippen molar-refractivity contribution in [2.75, 3.05) is 0 Å². The fourth-order valence-corrected chi connectivity index (χ4v) is 4.05. The average molecular weight is 391 g/mol. The molecule has 0 bridgehead atoms. The van der Waals surface area contributed by atoms with E-state index in [2.05, 4.69) is 11.3 Å². The summed E-state index contributed by atoms with van der Waals surface area (Å²) in [5, 5.41) is 0. The number of hydrogen-bond donors (Lipinski definition) is 1. The molecule has 0 unspecified atom stereocenters. The highest BCUT2D eigenvalue weighted by Gasteiger charge is 2.27. The second-order valence-electron chi connectivity index (χ2n) is 6.50. The largest absolute Gasteiger partial charge is 0.289 e. The number of carbonyl (C=O) groups is 1. The molecular weight excluding hydrogens is 370 g/mol. The van der Waals surface area contributed by atoms with Crippen LogP contribution in [0.5, 0.6) is 0 Å². The van der Waals surface area contributed by atoms with Crippen LogP contribution in [0.1, 0.15) is 27.5 Å². The maximum Gasteiger partial charge on any atom is 0.241 e. The molecule has 5 heteroatoms. The Morgan fingerprint density at radius 3 is 1.96 bits per heavy atom. The van der Waals surface area contributed by atoms with Crippen molar-refractivity contribution in [1.29, 1.82) is 0 Å². The first-order chi connectivity index (χ1) is 13.4. The zero-order valence-electron chi connectivity index (χ0n) is 15.5. The van der Waals surface area contributed by atoms with E-state index in [-0.39, 0.29) is 16.3 Å². The molecule has 0 aliphatic heterocycles. The van der Waals surface area contributed by atoms with Gasteiger partial charge in [-0.15, -0.1) is 0 Å². The van der Waals surface area contributed by atoms with E-state index in [4.69, 9.17) is 0 Å². The SMILES string of the molecule is C=C(C(=O)c1ccccc1)[C@@H](NS(=O)(=O)c1ccc(C)cc1)c1ccccc1. The van der Waals surface area contributed by atoms with Crippen molar-refractivity contribution in [1.82, 2.24) is 4.72 Å². The Morgan fingerprint density at radius 1 is 0.857 bits per heavy atom. The summed E-state index contributed by atoms with van der Waals surface area (Å²) in [7, 11) is -3.85. The molecule has 0 amide bonds. The molecule has 3 aromatic carbocycles. The molecule has 142 valence electrons. The summed E-state index contributed by atoms with van der Waals surface area (Å²) in [6.45, 7) is 5.81. The van der Waals surface area contributed by atoms with Gasteiger partial charge in [0.2, 0.25) is 10.0 Å². The van der Waals surface area contributed by atoms with Crippen LogP contribution in [-0.2, 0) is 10.0 Å². The Hall–Kier alpha value is -3.02. The second-order valence-corrected chi connectivity index (χ2v) is 8.21. The topological polar surface area (TPSA) is 63.2 Å². The summed E-state index contributed by atoms with van der Waals surface area (Å²) in [4.78, 5) is 13.0. The monoisotopic (exact) mass is 391 g/mol. The number of sulfonamides is 1. The molecule has 0 aliphatic rings. The van der Waals surface area contributed by atoms with Gasteiger partial charge < -0.3 is 0 Å². The standard InChI is InChI=1S/C23H21NO3S/c1-17-13-15-21(16-14-17)28(26,27)24-22(19-9-5-3-6-10-19)18(2)23(25)20-11-7-4-8-12-20/h3-16,22,24H,2H2,1H3/t22-/m1/s1. The minimum atomic E-state index is -3.85. The maximum absolute atomic E-state index is 12.9. The number of carbonyl (C=O) groups excluding carboxylic acids is 1. The van der Waals surface area contributed by atoms with Gasteiger partial charge in [0.25, 0.3) is 0 Å². The number of rotatable bonds is 7. The summed E-state index contributed by atoms with van der Waals surface area (Å²) < 4.78 is 28.5. The molecule has 1 atom stereocenters. The van der Waals surface area contributed by atoms with Gasteiger partial charge in [-0.3, -0.25) is 4.79 Å². The highest BCUT2D eigenvalue weighted by Crippen LogP contribution is 2.26. The molecule has 0 saturated carbocycles. The van der Waals surface area contributed by atoms with Crippen molar-refractivity contribution in [2.24, 2.45) is 0 Å². The third-order valence-corrected chi connectivity index (χ3v) is 5.85. The number of nitrogens with one attached hydrogen (secondary N) is 1. The van der Waals surface area contributed by atoms with Gasteiger partial charge in [0, 0.05) is 11.1 Å². The Labute approximate surface area is 165 Å². The third kappa shape index (κ3) is 4.44. The molecule has 4 nitrogen and oxygen atoms in total. The summed E-state index contributed by atoms with van der Waals surface area (Å²) >= 11 is 0. The van der Waals surface area contributed by atoms with Crippen LogP contribution < -0.4 is 4.72 Å². The van der Waals surface area contributed by atoms with Gasteiger partial charge in [-0.05, 0) is 24.6 Å². The lowest BCUT2D eigenvalue weighted by Gasteiger charge is -2.21. The molecule has 0 saturated heterocycles. The minimum Gasteiger partial charge on any atom is -0.289 e. The van der Waals surface area contributed by atoms with Crippen molar-refractivity contribution in [3.63, 3.8) is 0 Å². The van der Waals surface area contributed by atoms with Crippen LogP contribution in [0.3, 0.4) is 0 Å². The van der Waals surface area contributed by atoms with Crippen LogP contribution in [0.25, 0.3) is 0 Å². The van der Waals surface area contributed by atoms with Gasteiger partial charge in [-0.25, -0.2) is 8.42 Å². The van der Waals surface area contributed by atoms with E-state index >= 15 is 0 Å². The molecule has 3 aromatic rings. The van der Waals surface area contributed by atoms with E-state index in [1.54, 1.807) is 72.8 Å². The minimum absolute atomic E-state index is 0.138. The van der Waals surface area contributed by atoms with Gasteiger partial charge in [0.15, 0.2) is 5.78 Å². The summed E-state index contributed by atoms with van der Waals surface area (Å²) in [5.41, 5.74) is 2.23. The fourth-order valence-electron chi connectivity index (χ4n) is 2.83. The van der Waals surface area contributed by atoms with E-state index in [1.165, 1.54) is 0 Å². The molecule has 0 aromatic heterocycles. The quantitative estimate of drug-likeness (QED) is 0.478. The van der Waals surface area contributed by atoms with Crippen molar-refractivity contribution < 1.29 is 13.2 Å². The first kappa shape index (κ1) is 19.7. The van der Waals surface area contributed by atoms with E-state index in [0.29, 0.717) is 11.1 Å². The van der Waals surface area contributed by atoms with Crippen LogP contribution in [0, 0.1) is 6.92 Å². The zero-order valence-corrected chi connectivity index (χ0v) is 16.3. The molecule has 0 radical (unpaired) electrons. The molecule has 28 heavy (non-hydrogen) atoms. The van der Waals surface area contributed by atoms with Gasteiger partial charge in [0.1, 0.15) is 0 Å². The smallest absolute Gasteiger partial charge is 0.241 e. The Balaban J connectivity index is 1.97. The van der Waals surface area contributed by atoms with Gasteiger partial charge in [-0.2, -0.15) is 4.72 Å². The normalized spacial score (nSPS) is 12.3. The highest BCUT2D eigenvalue weighted by molar-refractivity contribution is 7.89. The van der Waals surface area contributed by atoms with Crippen molar-refractivity contribution >= 4 is 15.8 Å². The van der Waals surface area contributed by atoms with Gasteiger partial charge in [-0.1, -0.05) is 84.9 Å². The van der Waals surface area contributed by atoms with Crippen LogP contribution in [0.2, 0.25) is 0 Å². The van der Waals surface area contributed by atoms with Crippen LogP contribution in [-0.4, -0.2) is 14.2 Å². The van der Waals surface area contributed by atoms with E-state index in [9.17, 15) is 13.2 Å². The lowest BCUT2D eigenvalue weighted by atomic mass is 9.94. The van der Waals surface area contributed by atoms with E-state index in [0.717, 1.165) is 5.56 Å². The number of benzene rings is 3. The van der Waals surface area contributed by atoms with Gasteiger partial charge in [0.05, 0.1) is 10.9 Å². The Bertz CT molecular complexity index is 1070. The Kier molecular flexibility index (Phi) is 5.87. The average Bonchev–Trinajstić information content (AvgIpc) is 2.72. The van der Waals surface area contributed by atoms with Crippen LogP contribution in [0.4, 0.5) is 0 Å². The third-order valence-electron chi connectivity index (χ3n) is 4.41. The summed E-state index contributed by atoms with van der Waals surface area (Å²) in [6.07, 6.45) is 0. The van der Waals surface area contributed by atoms with Crippen molar-refractivity contribution in [2.45, 2.75) is 17.9 Å². The lowest BCUT2D eigenvalue weighted by molar-refractivity contribution is 0.102. The first-order valence-electron chi connectivity index (χ1n) is 8.81. The molecule has 3 rings (SSSR count). The first-order valence-corrected chi connectivity index (χ1v) is 10.3. The Morgan fingerprint density at radius 2 is 1.39 bits per heavy atom. The van der Waals surface area contributed by atoms with Crippen LogP contribution in [0.15, 0.2) is 102 Å². The number of aryl methyl sites for hydroxylation is 1. The molecule has 0 heterocycles. The molecular formula is C23H21NO3S. The molecule has 0 spiro atoms. The summed E-state index contributed by atoms with van der Waals surface area (Å²) in [6, 6.07) is 23.3. The predicted molar refractivity (Wildman–Crippen MR) is 111 cm³/mol. The van der Waals surface area contributed by atoms with Crippen molar-refractivity contribution in [3.05, 3.63) is 114 Å². The molecule has 0 fully saturated rings. The van der Waals surface area contributed by atoms with Crippen LogP contribution >= 0.6 is 0 Å². The second kappa shape index (κ2) is 8.33. The van der Waals surface area contributed by atoms with Gasteiger partial charge >= 0.3 is 0 Å². The fraction of sp³-hybridized carbons (Fsp3) is 0.0870. The number of hydrogen-bond acceptors (Lipinski definition) is 3. The molecule has 0 aliphatic carbocycles. The zero-order chi connectivity index (χ0) is 20.1. The van der Waals surface area contributed by atoms with E-state index < -0.39 is 16.1 Å². The number of Topliss-reactive ketones (excluding diaryl/α,β-unsaturated/α-hetero) is 1. The summed E-state index contributed by atoms with van der Waals surface area (Å²) in [5.74, 6) is -0.305. The van der Waals surface area contributed by atoms with E-state index in [1.807, 2.05) is 19.1 Å². The predicted octanol–water partition coefficient (Wildman–Crippen LogP) is 4.45. The lowest BCUT2D eigenvalue weighted by Crippen LogP contribution is -2.31. The molecule has 1 N–H and O–H groups in total. The maximum atomic E-state index is 12.9. The van der Waals surface area contributed by atoms with Crippen molar-refractivity contribution in [3.8, 4) is 0 Å². The number of ketones is 1.